The molecule has 0 radical (unpaired) electrons. The van der Waals surface area contributed by atoms with Crippen molar-refractivity contribution in [2.45, 2.75) is 58.0 Å². The maximum atomic E-state index is 13.3. The molecule has 4 aliphatic carbocycles. The molecule has 4 rings (SSSR count). The third-order valence-electron chi connectivity index (χ3n) is 6.37. The van der Waals surface area contributed by atoms with Crippen LogP contribution in [0.3, 0.4) is 0 Å². The summed E-state index contributed by atoms with van der Waals surface area (Å²) in [6.45, 7) is 4.32. The summed E-state index contributed by atoms with van der Waals surface area (Å²) >= 11 is 3.50. The summed E-state index contributed by atoms with van der Waals surface area (Å²) in [6, 6.07) is 0. The molecule has 0 aliphatic heterocycles. The van der Waals surface area contributed by atoms with Gasteiger partial charge in [-0.25, -0.2) is 0 Å². The highest BCUT2D eigenvalue weighted by molar-refractivity contribution is 9.09. The van der Waals surface area contributed by atoms with Crippen molar-refractivity contribution >= 4 is 21.7 Å². The van der Waals surface area contributed by atoms with Crippen LogP contribution in [-0.4, -0.2) is 23.8 Å². The Morgan fingerprint density at radius 2 is 2.19 bits per heavy atom. The van der Waals surface area contributed by atoms with Crippen LogP contribution in [0.15, 0.2) is 23.3 Å². The predicted molar refractivity (Wildman–Crippen MR) is 88.6 cm³/mol. The molecule has 0 aromatic carbocycles. The number of hydrogen-bond donors (Lipinski definition) is 0. The number of methoxy groups -OCH3 is 1. The number of carbonyl (C=O) groups excluding carboxylic acids is 1. The van der Waals surface area contributed by atoms with Crippen molar-refractivity contribution in [3.05, 3.63) is 23.3 Å². The SMILES string of the molecule is CO[C@]12C=C3CCC[C@@]3(CC1)[C@@](C)(C/C=C(\C)CBr)C2=O. The Bertz CT molecular complexity index is 535. The summed E-state index contributed by atoms with van der Waals surface area (Å²) in [6.07, 6.45) is 10.8. The Hall–Kier alpha value is -0.410. The van der Waals surface area contributed by atoms with E-state index in [-0.39, 0.29) is 10.8 Å². The average Bonchev–Trinajstić information content (AvgIpc) is 2.94. The number of ketones is 1. The fourth-order valence-corrected chi connectivity index (χ4v) is 5.20. The van der Waals surface area contributed by atoms with Gasteiger partial charge in [0.15, 0.2) is 5.78 Å². The second kappa shape index (κ2) is 5.06. The normalized spacial score (nSPS) is 42.2. The van der Waals surface area contributed by atoms with Crippen molar-refractivity contribution in [1.29, 1.82) is 0 Å². The van der Waals surface area contributed by atoms with Crippen molar-refractivity contribution in [2.24, 2.45) is 10.8 Å². The summed E-state index contributed by atoms with van der Waals surface area (Å²) in [5, 5.41) is 0.877. The van der Waals surface area contributed by atoms with Crippen LogP contribution in [0.25, 0.3) is 0 Å². The number of rotatable bonds is 4. The molecule has 0 N–H and O–H groups in total. The Labute approximate surface area is 136 Å². The van der Waals surface area contributed by atoms with Gasteiger partial charge < -0.3 is 4.74 Å². The maximum Gasteiger partial charge on any atom is 0.175 e. The zero-order valence-corrected chi connectivity index (χ0v) is 14.9. The van der Waals surface area contributed by atoms with E-state index < -0.39 is 5.60 Å². The van der Waals surface area contributed by atoms with Crippen molar-refractivity contribution in [3.63, 3.8) is 0 Å². The van der Waals surface area contributed by atoms with Gasteiger partial charge in [0.05, 0.1) is 0 Å². The third-order valence-corrected chi connectivity index (χ3v) is 7.25. The van der Waals surface area contributed by atoms with Crippen LogP contribution in [0.4, 0.5) is 0 Å². The first-order chi connectivity index (χ1) is 9.94. The van der Waals surface area contributed by atoms with Gasteiger partial charge in [-0.1, -0.05) is 40.1 Å². The zero-order chi connectivity index (χ0) is 15.3. The van der Waals surface area contributed by atoms with Crippen molar-refractivity contribution in [3.8, 4) is 0 Å². The Morgan fingerprint density at radius 1 is 1.43 bits per heavy atom. The molecule has 21 heavy (non-hydrogen) atoms. The minimum Gasteiger partial charge on any atom is -0.366 e. The number of allylic oxidation sites excluding steroid dienone is 3. The van der Waals surface area contributed by atoms with Gasteiger partial charge in [-0.3, -0.25) is 4.79 Å². The molecule has 0 amide bonds. The van der Waals surface area contributed by atoms with Gasteiger partial charge in [-0.2, -0.15) is 0 Å². The van der Waals surface area contributed by atoms with Gasteiger partial charge in [0.2, 0.25) is 0 Å². The monoisotopic (exact) mass is 352 g/mol. The van der Waals surface area contributed by atoms with E-state index in [2.05, 4.69) is 41.9 Å². The molecule has 4 aliphatic rings. The first-order valence-electron chi connectivity index (χ1n) is 7.98. The standard InChI is InChI=1S/C18H25BrO2/c1-13(12-19)6-8-16(2)15(20)18(21-3)10-9-17(16)7-4-5-14(17)11-18/h6,11H,4-5,7-10,12H2,1-3H3/b13-6+/t16-,17-,18-/m0/s1. The Morgan fingerprint density at radius 3 is 2.86 bits per heavy atom. The van der Waals surface area contributed by atoms with Crippen LogP contribution in [0.1, 0.15) is 52.4 Å². The van der Waals surface area contributed by atoms with Crippen molar-refractivity contribution < 1.29 is 9.53 Å². The zero-order valence-electron chi connectivity index (χ0n) is 13.3. The molecule has 0 heterocycles. The van der Waals surface area contributed by atoms with Gasteiger partial charge in [-0.15, -0.1) is 0 Å². The van der Waals surface area contributed by atoms with Crippen molar-refractivity contribution in [1.82, 2.24) is 0 Å². The predicted octanol–water partition coefficient (Wildman–Crippen LogP) is 4.58. The highest BCUT2D eigenvalue weighted by Crippen LogP contribution is 2.67. The summed E-state index contributed by atoms with van der Waals surface area (Å²) < 4.78 is 5.76. The number of Topliss-reactive ketones (excluding diaryl/α,β-unsaturated/α-hetero) is 1. The fraction of sp³-hybridized carbons (Fsp3) is 0.722. The molecule has 0 aromatic rings. The molecule has 2 nitrogen and oxygen atoms in total. The minimum absolute atomic E-state index is 0.105. The van der Waals surface area contributed by atoms with Gasteiger partial charge in [0, 0.05) is 23.3 Å². The first kappa shape index (κ1) is 15.5. The van der Waals surface area contributed by atoms with E-state index in [0.29, 0.717) is 5.78 Å². The van der Waals surface area contributed by atoms with Crippen molar-refractivity contribution in [2.75, 3.05) is 12.4 Å². The number of hydrogen-bond acceptors (Lipinski definition) is 2. The molecule has 116 valence electrons. The second-order valence-electron chi connectivity index (χ2n) is 7.25. The number of alkyl halides is 1. The summed E-state index contributed by atoms with van der Waals surface area (Å²) in [5.41, 5.74) is 1.96. The van der Waals surface area contributed by atoms with E-state index in [9.17, 15) is 4.79 Å². The Balaban J connectivity index is 2.08. The van der Waals surface area contributed by atoms with E-state index in [1.165, 1.54) is 24.0 Å². The second-order valence-corrected chi connectivity index (χ2v) is 7.81. The molecule has 2 saturated carbocycles. The molecule has 0 saturated heterocycles. The molecule has 2 bridgehead atoms. The van der Waals surface area contributed by atoms with E-state index in [1.807, 2.05) is 0 Å². The quantitative estimate of drug-likeness (QED) is 0.546. The fourth-order valence-electron chi connectivity index (χ4n) is 4.97. The van der Waals surface area contributed by atoms with Gasteiger partial charge in [0.1, 0.15) is 5.60 Å². The van der Waals surface area contributed by atoms with Crippen LogP contribution in [-0.2, 0) is 9.53 Å². The molecule has 0 aromatic heterocycles. The summed E-state index contributed by atoms with van der Waals surface area (Å²) in [7, 11) is 1.70. The van der Waals surface area contributed by atoms with Crippen LogP contribution >= 0.6 is 15.9 Å². The smallest absolute Gasteiger partial charge is 0.175 e. The topological polar surface area (TPSA) is 26.3 Å². The summed E-state index contributed by atoms with van der Waals surface area (Å²) in [5.74, 6) is 0.313. The van der Waals surface area contributed by atoms with E-state index in [4.69, 9.17) is 4.74 Å². The van der Waals surface area contributed by atoms with Gasteiger partial charge >= 0.3 is 0 Å². The van der Waals surface area contributed by atoms with E-state index in [1.54, 1.807) is 7.11 Å². The molecule has 1 spiro atoms. The molecule has 3 heteroatoms. The van der Waals surface area contributed by atoms with Gasteiger partial charge in [0.25, 0.3) is 0 Å². The lowest BCUT2D eigenvalue weighted by Gasteiger charge is -2.58. The summed E-state index contributed by atoms with van der Waals surface area (Å²) in [4.78, 5) is 13.3. The lowest BCUT2D eigenvalue weighted by molar-refractivity contribution is -0.166. The van der Waals surface area contributed by atoms with Crippen LogP contribution in [0, 0.1) is 10.8 Å². The van der Waals surface area contributed by atoms with E-state index in [0.717, 1.165) is 31.0 Å². The molecule has 0 unspecified atom stereocenters. The molecule has 2 fully saturated rings. The van der Waals surface area contributed by atoms with Crippen LogP contribution in [0.5, 0.6) is 0 Å². The van der Waals surface area contributed by atoms with E-state index >= 15 is 0 Å². The largest absolute Gasteiger partial charge is 0.366 e. The highest BCUT2D eigenvalue weighted by Gasteiger charge is 2.67. The lowest BCUT2D eigenvalue weighted by atomic mass is 9.45. The maximum absolute atomic E-state index is 13.3. The number of halogens is 1. The van der Waals surface area contributed by atoms with Crippen LogP contribution in [0.2, 0.25) is 0 Å². The first-order valence-corrected chi connectivity index (χ1v) is 9.10. The van der Waals surface area contributed by atoms with Crippen LogP contribution < -0.4 is 0 Å². The minimum atomic E-state index is -0.647. The molecular formula is C18H25BrO2. The lowest BCUT2D eigenvalue weighted by Crippen LogP contribution is -2.63. The molecule has 3 atom stereocenters. The third kappa shape index (κ3) is 1.89. The number of fused-ring (bicyclic) bond motifs is 2. The highest BCUT2D eigenvalue weighted by atomic mass is 79.9. The average molecular weight is 353 g/mol. The number of ether oxygens (including phenoxy) is 1. The Kier molecular flexibility index (Phi) is 3.73. The number of carbonyl (C=O) groups is 1. The van der Waals surface area contributed by atoms with Gasteiger partial charge in [-0.05, 0) is 51.5 Å². The molecular weight excluding hydrogens is 328 g/mol.